The number of hydrogen-bond acceptors (Lipinski definition) is 5. The number of alkyl halides is 3. The molecule has 0 radical (unpaired) electrons. The van der Waals surface area contributed by atoms with Crippen molar-refractivity contribution in [2.45, 2.75) is 25.8 Å². The van der Waals surface area contributed by atoms with Crippen LogP contribution in [0.4, 0.5) is 13.2 Å². The lowest BCUT2D eigenvalue weighted by Crippen LogP contribution is -2.26. The Morgan fingerprint density at radius 2 is 2.03 bits per heavy atom. The Morgan fingerprint density at radius 3 is 2.59 bits per heavy atom. The van der Waals surface area contributed by atoms with Crippen LogP contribution in [0.2, 0.25) is 0 Å². The number of carboxylic acids is 1. The molecule has 4 rings (SSSR count). The van der Waals surface area contributed by atoms with Crippen LogP contribution in [0.25, 0.3) is 0 Å². The fraction of sp³-hybridized carbons (Fsp3) is 0.294. The topological polar surface area (TPSA) is 106 Å². The quantitative estimate of drug-likeness (QED) is 0.707. The zero-order chi connectivity index (χ0) is 21.2. The smallest absolute Gasteiger partial charge is 0.475 e. The first-order valence-corrected chi connectivity index (χ1v) is 8.27. The first kappa shape index (κ1) is 20.2. The van der Waals surface area contributed by atoms with Crippen LogP contribution in [0.1, 0.15) is 27.3 Å². The van der Waals surface area contributed by atoms with Crippen molar-refractivity contribution >= 4 is 11.9 Å². The van der Waals surface area contributed by atoms with Crippen molar-refractivity contribution < 1.29 is 32.3 Å². The summed E-state index contributed by atoms with van der Waals surface area (Å²) in [6, 6.07) is 1.69. The fourth-order valence-corrected chi connectivity index (χ4v) is 2.86. The third-order valence-corrected chi connectivity index (χ3v) is 4.24. The largest absolute Gasteiger partial charge is 0.490 e. The maximum atomic E-state index is 12.4. The van der Waals surface area contributed by atoms with E-state index < -0.39 is 12.1 Å². The molecule has 0 atom stereocenters. The van der Waals surface area contributed by atoms with Crippen LogP contribution in [0.3, 0.4) is 0 Å². The molecule has 1 aliphatic heterocycles. The lowest BCUT2D eigenvalue weighted by Gasteiger charge is -2.15. The Labute approximate surface area is 162 Å². The molecule has 4 heterocycles. The van der Waals surface area contributed by atoms with E-state index in [0.29, 0.717) is 25.2 Å². The third-order valence-electron chi connectivity index (χ3n) is 4.24. The number of furan rings is 1. The summed E-state index contributed by atoms with van der Waals surface area (Å²) in [5.74, 6) is -2.77. The van der Waals surface area contributed by atoms with Crippen molar-refractivity contribution in [2.75, 3.05) is 0 Å². The molecule has 0 spiro atoms. The molecule has 1 amide bonds. The summed E-state index contributed by atoms with van der Waals surface area (Å²) in [7, 11) is 1.92. The second-order valence-electron chi connectivity index (χ2n) is 6.21. The van der Waals surface area contributed by atoms with Gasteiger partial charge in [0.1, 0.15) is 6.26 Å². The number of imidazole rings is 1. The summed E-state index contributed by atoms with van der Waals surface area (Å²) in [4.78, 5) is 27.2. The van der Waals surface area contributed by atoms with Gasteiger partial charge in [0.2, 0.25) is 0 Å². The standard InChI is InChI=1S/C15H15N5O2.C2HF3O2/c1-18-14-8-20(15(21)11-2-5-22-9-11)6-12(14)13(17-18)7-19-4-3-16-10-19;3-2(4,5)1(6)7/h2-5,9-10H,6-8H2,1H3;(H,6,7). The number of carboxylic acid groups (broad SMARTS) is 1. The second-order valence-corrected chi connectivity index (χ2v) is 6.21. The van der Waals surface area contributed by atoms with Gasteiger partial charge in [0.15, 0.2) is 0 Å². The molecule has 0 aromatic carbocycles. The molecule has 0 bridgehead atoms. The molecule has 0 aliphatic carbocycles. The Morgan fingerprint density at radius 1 is 1.31 bits per heavy atom. The molecular formula is C17H16F3N5O4. The zero-order valence-corrected chi connectivity index (χ0v) is 15.1. The van der Waals surface area contributed by atoms with Crippen LogP contribution >= 0.6 is 0 Å². The van der Waals surface area contributed by atoms with E-state index in [-0.39, 0.29) is 5.91 Å². The molecule has 12 heteroatoms. The summed E-state index contributed by atoms with van der Waals surface area (Å²) in [6.45, 7) is 1.82. The predicted molar refractivity (Wildman–Crippen MR) is 90.5 cm³/mol. The molecule has 0 unspecified atom stereocenters. The monoisotopic (exact) mass is 411 g/mol. The van der Waals surface area contributed by atoms with Crippen molar-refractivity contribution in [2.24, 2.45) is 7.05 Å². The van der Waals surface area contributed by atoms with Crippen LogP contribution in [0.5, 0.6) is 0 Å². The normalized spacial score (nSPS) is 13.0. The number of amides is 1. The molecule has 0 fully saturated rings. The van der Waals surface area contributed by atoms with E-state index in [4.69, 9.17) is 14.3 Å². The first-order chi connectivity index (χ1) is 13.7. The minimum Gasteiger partial charge on any atom is -0.475 e. The number of hydrogen-bond donors (Lipinski definition) is 1. The predicted octanol–water partition coefficient (Wildman–Crippen LogP) is 2.05. The zero-order valence-electron chi connectivity index (χ0n) is 15.1. The van der Waals surface area contributed by atoms with Crippen molar-refractivity contribution in [3.05, 3.63) is 59.8 Å². The molecule has 29 heavy (non-hydrogen) atoms. The number of fused-ring (bicyclic) bond motifs is 1. The Hall–Kier alpha value is -3.57. The maximum Gasteiger partial charge on any atom is 0.490 e. The van der Waals surface area contributed by atoms with E-state index in [0.717, 1.165) is 17.0 Å². The second kappa shape index (κ2) is 7.81. The van der Waals surface area contributed by atoms with Crippen LogP contribution in [-0.2, 0) is 31.5 Å². The number of halogens is 3. The van der Waals surface area contributed by atoms with E-state index in [1.54, 1.807) is 18.6 Å². The fourth-order valence-electron chi connectivity index (χ4n) is 2.86. The highest BCUT2D eigenvalue weighted by Gasteiger charge is 2.38. The number of nitrogens with zero attached hydrogens (tertiary/aromatic N) is 5. The van der Waals surface area contributed by atoms with E-state index >= 15 is 0 Å². The molecule has 0 saturated heterocycles. The van der Waals surface area contributed by atoms with Crippen molar-refractivity contribution in [3.63, 3.8) is 0 Å². The minimum atomic E-state index is -5.08. The summed E-state index contributed by atoms with van der Waals surface area (Å²) in [5.41, 5.74) is 3.79. The Bertz CT molecular complexity index is 993. The molecule has 1 aliphatic rings. The number of aliphatic carboxylic acids is 1. The number of rotatable bonds is 3. The van der Waals surface area contributed by atoms with E-state index in [2.05, 4.69) is 10.1 Å². The van der Waals surface area contributed by atoms with Gasteiger partial charge >= 0.3 is 12.1 Å². The van der Waals surface area contributed by atoms with Crippen molar-refractivity contribution in [3.8, 4) is 0 Å². The van der Waals surface area contributed by atoms with Crippen LogP contribution in [0.15, 0.2) is 41.7 Å². The van der Waals surface area contributed by atoms with Gasteiger partial charge < -0.3 is 19.0 Å². The van der Waals surface area contributed by atoms with Gasteiger partial charge in [0, 0.05) is 25.0 Å². The van der Waals surface area contributed by atoms with Crippen molar-refractivity contribution in [1.82, 2.24) is 24.2 Å². The van der Waals surface area contributed by atoms with Gasteiger partial charge in [-0.2, -0.15) is 18.3 Å². The highest BCUT2D eigenvalue weighted by molar-refractivity contribution is 5.94. The van der Waals surface area contributed by atoms with E-state index in [9.17, 15) is 18.0 Å². The van der Waals surface area contributed by atoms with E-state index in [1.165, 1.54) is 12.5 Å². The average Bonchev–Trinajstić information content (AvgIpc) is 3.42. The SMILES string of the molecule is Cn1nc(Cn2ccnc2)c2c1CN(C(=O)c1ccoc1)C2.O=C(O)C(F)(F)F. The van der Waals surface area contributed by atoms with Gasteiger partial charge in [-0.15, -0.1) is 0 Å². The highest BCUT2D eigenvalue weighted by atomic mass is 19.4. The Kier molecular flexibility index (Phi) is 5.43. The highest BCUT2D eigenvalue weighted by Crippen LogP contribution is 2.27. The lowest BCUT2D eigenvalue weighted by molar-refractivity contribution is -0.192. The van der Waals surface area contributed by atoms with Gasteiger partial charge in [0.05, 0.1) is 49.2 Å². The van der Waals surface area contributed by atoms with Gasteiger partial charge in [-0.1, -0.05) is 0 Å². The van der Waals surface area contributed by atoms with Crippen LogP contribution in [0, 0.1) is 0 Å². The molecule has 1 N–H and O–H groups in total. The molecule has 9 nitrogen and oxygen atoms in total. The number of aromatic nitrogens is 4. The summed E-state index contributed by atoms with van der Waals surface area (Å²) < 4.78 is 40.6. The first-order valence-electron chi connectivity index (χ1n) is 8.27. The molecular weight excluding hydrogens is 395 g/mol. The number of aryl methyl sites for hydroxylation is 1. The number of carbonyl (C=O) groups is 2. The van der Waals surface area contributed by atoms with Crippen molar-refractivity contribution in [1.29, 1.82) is 0 Å². The van der Waals surface area contributed by atoms with Gasteiger partial charge in [-0.25, -0.2) is 9.78 Å². The molecule has 0 saturated carbocycles. The third kappa shape index (κ3) is 4.47. The summed E-state index contributed by atoms with van der Waals surface area (Å²) in [5, 5.41) is 11.7. The molecule has 3 aromatic heterocycles. The molecule has 154 valence electrons. The van der Waals surface area contributed by atoms with Gasteiger partial charge in [-0.05, 0) is 6.07 Å². The summed E-state index contributed by atoms with van der Waals surface area (Å²) >= 11 is 0. The average molecular weight is 411 g/mol. The Balaban J connectivity index is 0.000000298. The number of carbonyl (C=O) groups excluding carboxylic acids is 1. The van der Waals surface area contributed by atoms with Crippen LogP contribution < -0.4 is 0 Å². The maximum absolute atomic E-state index is 12.4. The van der Waals surface area contributed by atoms with Gasteiger partial charge in [-0.3, -0.25) is 9.48 Å². The lowest BCUT2D eigenvalue weighted by atomic mass is 10.2. The van der Waals surface area contributed by atoms with E-state index in [1.807, 2.05) is 27.4 Å². The van der Waals surface area contributed by atoms with Crippen LogP contribution in [-0.4, -0.2) is 47.4 Å². The summed E-state index contributed by atoms with van der Waals surface area (Å²) in [6.07, 6.45) is 3.34. The van der Waals surface area contributed by atoms with Gasteiger partial charge in [0.25, 0.3) is 5.91 Å². The molecule has 3 aromatic rings. The minimum absolute atomic E-state index is 0.0152.